The Labute approximate surface area is 122 Å². The molecule has 2 heterocycles. The van der Waals surface area contributed by atoms with Crippen molar-refractivity contribution < 1.29 is 9.53 Å². The van der Waals surface area contributed by atoms with Gasteiger partial charge in [0.15, 0.2) is 5.82 Å². The Morgan fingerprint density at radius 2 is 2.14 bits per heavy atom. The Balaban J connectivity index is 1.79. The third-order valence-corrected chi connectivity index (χ3v) is 2.64. The number of methoxy groups -OCH3 is 1. The highest BCUT2D eigenvalue weighted by molar-refractivity contribution is 5.77. The Morgan fingerprint density at radius 3 is 2.76 bits per heavy atom. The van der Waals surface area contributed by atoms with E-state index in [1.807, 2.05) is 31.3 Å². The second kappa shape index (κ2) is 7.34. The summed E-state index contributed by atoms with van der Waals surface area (Å²) in [6.07, 6.45) is 1.83. The largest absolute Gasteiger partial charge is 0.375 e. The van der Waals surface area contributed by atoms with Crippen LogP contribution in [0.25, 0.3) is 5.82 Å². The molecule has 0 saturated carbocycles. The normalized spacial score (nSPS) is 10.4. The first kappa shape index (κ1) is 14.9. The van der Waals surface area contributed by atoms with Crippen LogP contribution in [-0.2, 0) is 9.53 Å². The number of carbonyl (C=O) groups is 1. The monoisotopic (exact) mass is 290 g/mol. The lowest BCUT2D eigenvalue weighted by atomic mass is 10.4. The lowest BCUT2D eigenvalue weighted by molar-refractivity contribution is -0.124. The summed E-state index contributed by atoms with van der Waals surface area (Å²) < 4.78 is 6.38. The number of aromatic nitrogens is 4. The summed E-state index contributed by atoms with van der Waals surface area (Å²) in [6, 6.07) is 5.54. The van der Waals surface area contributed by atoms with Crippen molar-refractivity contribution in [3.05, 3.63) is 30.1 Å². The molecule has 2 aromatic rings. The summed E-state index contributed by atoms with van der Waals surface area (Å²) in [5.41, 5.74) is 0.922. The number of ether oxygens (including phenoxy) is 1. The van der Waals surface area contributed by atoms with Crippen molar-refractivity contribution >= 4 is 11.7 Å². The smallest absolute Gasteiger partial charge is 0.246 e. The van der Waals surface area contributed by atoms with Gasteiger partial charge in [-0.15, -0.1) is 10.2 Å². The van der Waals surface area contributed by atoms with Crippen LogP contribution >= 0.6 is 0 Å². The van der Waals surface area contributed by atoms with Crippen molar-refractivity contribution in [2.24, 2.45) is 0 Å². The highest BCUT2D eigenvalue weighted by Gasteiger charge is 2.02. The van der Waals surface area contributed by atoms with Crippen molar-refractivity contribution in [2.75, 3.05) is 32.1 Å². The Kier molecular flexibility index (Phi) is 5.22. The van der Waals surface area contributed by atoms with E-state index in [2.05, 4.69) is 25.9 Å². The molecule has 8 heteroatoms. The second-order valence-corrected chi connectivity index (χ2v) is 4.39. The van der Waals surface area contributed by atoms with Gasteiger partial charge in [0.1, 0.15) is 12.4 Å². The van der Waals surface area contributed by atoms with E-state index in [-0.39, 0.29) is 12.5 Å². The minimum Gasteiger partial charge on any atom is -0.375 e. The number of aryl methyl sites for hydroxylation is 1. The van der Waals surface area contributed by atoms with Crippen LogP contribution in [-0.4, -0.2) is 52.7 Å². The fraction of sp³-hybridized carbons (Fsp3) is 0.385. The number of nitrogens with zero attached hydrogens (tertiary/aromatic N) is 4. The topological polar surface area (TPSA) is 94.0 Å². The summed E-state index contributed by atoms with van der Waals surface area (Å²) in [4.78, 5) is 11.2. The predicted octanol–water partition coefficient (Wildman–Crippen LogP) is 0.145. The van der Waals surface area contributed by atoms with Crippen LogP contribution in [0, 0.1) is 6.92 Å². The van der Waals surface area contributed by atoms with Crippen molar-refractivity contribution in [2.45, 2.75) is 6.92 Å². The summed E-state index contributed by atoms with van der Waals surface area (Å²) in [6.45, 7) is 3.03. The minimum atomic E-state index is -0.144. The van der Waals surface area contributed by atoms with E-state index in [1.165, 1.54) is 7.11 Å². The number of nitrogens with one attached hydrogen (secondary N) is 2. The maximum atomic E-state index is 11.2. The summed E-state index contributed by atoms with van der Waals surface area (Å²) in [5.74, 6) is 1.15. The van der Waals surface area contributed by atoms with Crippen molar-refractivity contribution in [1.82, 2.24) is 25.3 Å². The average Bonchev–Trinajstić information content (AvgIpc) is 2.91. The van der Waals surface area contributed by atoms with Crippen LogP contribution in [0.15, 0.2) is 24.4 Å². The van der Waals surface area contributed by atoms with Gasteiger partial charge in [-0.25, -0.2) is 4.68 Å². The van der Waals surface area contributed by atoms with Gasteiger partial charge in [-0.2, -0.15) is 5.10 Å². The van der Waals surface area contributed by atoms with Gasteiger partial charge in [-0.05, 0) is 25.1 Å². The fourth-order valence-electron chi connectivity index (χ4n) is 1.66. The van der Waals surface area contributed by atoms with E-state index in [4.69, 9.17) is 4.74 Å². The van der Waals surface area contributed by atoms with E-state index >= 15 is 0 Å². The Bertz CT molecular complexity index is 581. The molecule has 0 aliphatic carbocycles. The molecule has 2 N–H and O–H groups in total. The van der Waals surface area contributed by atoms with E-state index in [1.54, 1.807) is 4.68 Å². The van der Waals surface area contributed by atoms with E-state index < -0.39 is 0 Å². The van der Waals surface area contributed by atoms with Crippen LogP contribution in [0.3, 0.4) is 0 Å². The van der Waals surface area contributed by atoms with E-state index in [0.717, 1.165) is 5.69 Å². The molecule has 0 aliphatic rings. The molecule has 0 fully saturated rings. The lowest BCUT2D eigenvalue weighted by Crippen LogP contribution is -2.31. The van der Waals surface area contributed by atoms with Crippen LogP contribution in [0.2, 0.25) is 0 Å². The van der Waals surface area contributed by atoms with Gasteiger partial charge < -0.3 is 15.4 Å². The molecule has 8 nitrogen and oxygen atoms in total. The molecule has 0 atom stereocenters. The van der Waals surface area contributed by atoms with Gasteiger partial charge >= 0.3 is 0 Å². The second-order valence-electron chi connectivity index (χ2n) is 4.39. The van der Waals surface area contributed by atoms with Gasteiger partial charge in [0.25, 0.3) is 0 Å². The molecule has 0 spiro atoms. The molecular weight excluding hydrogens is 272 g/mol. The number of hydrogen-bond acceptors (Lipinski definition) is 6. The molecule has 112 valence electrons. The van der Waals surface area contributed by atoms with Crippen molar-refractivity contribution in [1.29, 1.82) is 0 Å². The van der Waals surface area contributed by atoms with Crippen LogP contribution in [0.1, 0.15) is 5.69 Å². The molecule has 0 saturated heterocycles. The summed E-state index contributed by atoms with van der Waals surface area (Å²) in [7, 11) is 1.48. The Hall–Kier alpha value is -2.48. The zero-order valence-electron chi connectivity index (χ0n) is 12.0. The fourth-order valence-corrected chi connectivity index (χ4v) is 1.66. The number of carbonyl (C=O) groups excluding carboxylic acids is 1. The molecule has 0 unspecified atom stereocenters. The number of amides is 1. The molecule has 21 heavy (non-hydrogen) atoms. The van der Waals surface area contributed by atoms with E-state index in [0.29, 0.717) is 24.7 Å². The molecule has 0 bridgehead atoms. The molecule has 0 aliphatic heterocycles. The quantitative estimate of drug-likeness (QED) is 0.705. The van der Waals surface area contributed by atoms with Crippen molar-refractivity contribution in [3.8, 4) is 5.82 Å². The van der Waals surface area contributed by atoms with Gasteiger partial charge in [0, 0.05) is 26.4 Å². The molecule has 0 aromatic carbocycles. The third kappa shape index (κ3) is 4.53. The summed E-state index contributed by atoms with van der Waals surface area (Å²) >= 11 is 0. The van der Waals surface area contributed by atoms with Crippen molar-refractivity contribution in [3.63, 3.8) is 0 Å². The Morgan fingerprint density at radius 1 is 1.29 bits per heavy atom. The highest BCUT2D eigenvalue weighted by Crippen LogP contribution is 2.06. The average molecular weight is 290 g/mol. The van der Waals surface area contributed by atoms with Gasteiger partial charge in [0.2, 0.25) is 5.91 Å². The standard InChI is InChI=1S/C13H18N6O2/c1-10-5-8-19(18-10)12-4-3-11(16-17-12)14-6-7-15-13(20)9-21-2/h3-5,8H,6-7,9H2,1-2H3,(H,14,16)(H,15,20). The first-order valence-electron chi connectivity index (χ1n) is 6.55. The van der Waals surface area contributed by atoms with E-state index in [9.17, 15) is 4.79 Å². The lowest BCUT2D eigenvalue weighted by Gasteiger charge is -2.07. The number of rotatable bonds is 7. The first-order valence-corrected chi connectivity index (χ1v) is 6.55. The third-order valence-electron chi connectivity index (χ3n) is 2.64. The summed E-state index contributed by atoms with van der Waals surface area (Å²) in [5, 5.41) is 18.2. The van der Waals surface area contributed by atoms with Crippen LogP contribution in [0.5, 0.6) is 0 Å². The number of hydrogen-bond donors (Lipinski definition) is 2. The number of anilines is 1. The molecule has 1 amide bonds. The molecule has 2 aromatic heterocycles. The first-order chi connectivity index (χ1) is 10.2. The van der Waals surface area contributed by atoms with Gasteiger partial charge in [0.05, 0.1) is 5.69 Å². The predicted molar refractivity (Wildman–Crippen MR) is 77.3 cm³/mol. The molecular formula is C13H18N6O2. The van der Waals surface area contributed by atoms with Crippen LogP contribution < -0.4 is 10.6 Å². The molecule has 2 rings (SSSR count). The zero-order valence-corrected chi connectivity index (χ0v) is 12.0. The SMILES string of the molecule is COCC(=O)NCCNc1ccc(-n2ccc(C)n2)nn1. The maximum absolute atomic E-state index is 11.2. The van der Waals surface area contributed by atoms with Gasteiger partial charge in [-0.1, -0.05) is 0 Å². The minimum absolute atomic E-state index is 0.0673. The van der Waals surface area contributed by atoms with Crippen LogP contribution in [0.4, 0.5) is 5.82 Å². The van der Waals surface area contributed by atoms with Gasteiger partial charge in [-0.3, -0.25) is 4.79 Å². The highest BCUT2D eigenvalue weighted by atomic mass is 16.5. The zero-order chi connectivity index (χ0) is 15.1. The maximum Gasteiger partial charge on any atom is 0.246 e. The molecule has 0 radical (unpaired) electrons.